The lowest BCUT2D eigenvalue weighted by Gasteiger charge is -2.04. The van der Waals surface area contributed by atoms with Crippen molar-refractivity contribution >= 4 is 48.2 Å². The number of nitrogens with one attached hydrogen (secondary N) is 1. The highest BCUT2D eigenvalue weighted by Gasteiger charge is 2.01. The molecule has 1 amide bonds. The van der Waals surface area contributed by atoms with Crippen molar-refractivity contribution in [2.75, 3.05) is 11.6 Å². The molecule has 1 aromatic heterocycles. The van der Waals surface area contributed by atoms with Gasteiger partial charge in [0.25, 0.3) is 0 Å². The molecular weight excluding hydrogens is 243 g/mol. The molecule has 0 aliphatic heterocycles. The minimum absolute atomic E-state index is 0. The molecule has 1 N–H and O–H groups in total. The Morgan fingerprint density at radius 1 is 1.50 bits per heavy atom. The van der Waals surface area contributed by atoms with Crippen LogP contribution in [0.25, 0.3) is 0 Å². The molecule has 0 aromatic carbocycles. The van der Waals surface area contributed by atoms with E-state index in [1.165, 1.54) is 18.7 Å². The summed E-state index contributed by atoms with van der Waals surface area (Å²) in [6, 6.07) is 3.63. The second-order valence-electron chi connectivity index (χ2n) is 2.24. The molecule has 1 rings (SSSR count). The third-order valence-corrected chi connectivity index (χ3v) is 1.99. The first-order valence-electron chi connectivity index (χ1n) is 3.50. The Bertz CT molecular complexity index is 296. The third kappa shape index (κ3) is 4.69. The quantitative estimate of drug-likeness (QED) is 0.826. The molecule has 80 valence electrons. The van der Waals surface area contributed by atoms with E-state index in [1.54, 1.807) is 12.3 Å². The van der Waals surface area contributed by atoms with Gasteiger partial charge in [-0.05, 0) is 18.4 Å². The minimum atomic E-state index is -0.0710. The van der Waals surface area contributed by atoms with Crippen LogP contribution in [0.15, 0.2) is 23.4 Å². The van der Waals surface area contributed by atoms with Crippen molar-refractivity contribution < 1.29 is 4.79 Å². The number of carbonyl (C=O) groups is 1. The van der Waals surface area contributed by atoms with Crippen LogP contribution in [0.2, 0.25) is 0 Å². The molecule has 0 aliphatic carbocycles. The Morgan fingerprint density at radius 3 is 2.64 bits per heavy atom. The molecule has 0 fully saturated rings. The van der Waals surface area contributed by atoms with E-state index in [9.17, 15) is 4.79 Å². The van der Waals surface area contributed by atoms with Crippen LogP contribution in [0, 0.1) is 0 Å². The maximum absolute atomic E-state index is 10.7. The van der Waals surface area contributed by atoms with Gasteiger partial charge in [-0.3, -0.25) is 4.79 Å². The van der Waals surface area contributed by atoms with Gasteiger partial charge in [0.1, 0.15) is 5.03 Å². The Balaban J connectivity index is 0. The number of hydrogen-bond donors (Lipinski definition) is 1. The number of aromatic nitrogens is 1. The molecule has 1 aromatic rings. The lowest BCUT2D eigenvalue weighted by molar-refractivity contribution is -0.114. The molecule has 1 heterocycles. The third-order valence-electron chi connectivity index (χ3n) is 1.28. The van der Waals surface area contributed by atoms with Gasteiger partial charge in [-0.1, -0.05) is 0 Å². The van der Waals surface area contributed by atoms with E-state index in [-0.39, 0.29) is 30.7 Å². The number of rotatable bonds is 2. The molecule has 0 spiro atoms. The van der Waals surface area contributed by atoms with Crippen molar-refractivity contribution in [2.24, 2.45) is 0 Å². The monoisotopic (exact) mass is 254 g/mol. The first-order valence-corrected chi connectivity index (χ1v) is 4.73. The smallest absolute Gasteiger partial charge is 0.221 e. The van der Waals surface area contributed by atoms with Crippen LogP contribution >= 0.6 is 36.6 Å². The van der Waals surface area contributed by atoms with E-state index >= 15 is 0 Å². The van der Waals surface area contributed by atoms with Crippen LogP contribution in [-0.2, 0) is 4.79 Å². The Kier molecular flexibility index (Phi) is 9.04. The molecule has 0 aliphatic rings. The minimum Gasteiger partial charge on any atom is -0.324 e. The average Bonchev–Trinajstić information content (AvgIpc) is 2.04. The van der Waals surface area contributed by atoms with Crippen LogP contribution in [0.5, 0.6) is 0 Å². The zero-order chi connectivity index (χ0) is 8.97. The standard InChI is InChI=1S/C8H10N2OS.2ClH/c1-6(11)10-7-4-3-5-9-8(7)12-2;;/h3-5H,1-2H3,(H,10,11);2*1H. The molecule has 0 saturated carbocycles. The highest BCUT2D eigenvalue weighted by atomic mass is 35.5. The van der Waals surface area contributed by atoms with Crippen molar-refractivity contribution in [3.63, 3.8) is 0 Å². The van der Waals surface area contributed by atoms with E-state index in [0.717, 1.165) is 10.7 Å². The molecule has 0 unspecified atom stereocenters. The Labute approximate surface area is 99.9 Å². The van der Waals surface area contributed by atoms with E-state index in [0.29, 0.717) is 0 Å². The fraction of sp³-hybridized carbons (Fsp3) is 0.250. The lowest BCUT2D eigenvalue weighted by Crippen LogP contribution is -2.06. The summed E-state index contributed by atoms with van der Waals surface area (Å²) in [5.74, 6) is -0.0710. The number of halogens is 2. The highest BCUT2D eigenvalue weighted by molar-refractivity contribution is 7.98. The SMILES string of the molecule is CSc1ncccc1NC(C)=O.Cl.Cl. The Hall–Kier alpha value is -0.450. The van der Waals surface area contributed by atoms with Crippen molar-refractivity contribution in [1.29, 1.82) is 0 Å². The van der Waals surface area contributed by atoms with Crippen molar-refractivity contribution in [2.45, 2.75) is 11.9 Å². The van der Waals surface area contributed by atoms with Gasteiger partial charge in [-0.25, -0.2) is 4.98 Å². The van der Waals surface area contributed by atoms with Gasteiger partial charge < -0.3 is 5.32 Å². The highest BCUT2D eigenvalue weighted by Crippen LogP contribution is 2.21. The van der Waals surface area contributed by atoms with Gasteiger partial charge in [0, 0.05) is 13.1 Å². The maximum Gasteiger partial charge on any atom is 0.221 e. The summed E-state index contributed by atoms with van der Waals surface area (Å²) in [5.41, 5.74) is 0.775. The van der Waals surface area contributed by atoms with E-state index in [4.69, 9.17) is 0 Å². The molecular formula is C8H12Cl2N2OS. The first-order chi connectivity index (χ1) is 5.74. The summed E-state index contributed by atoms with van der Waals surface area (Å²) < 4.78 is 0. The lowest BCUT2D eigenvalue weighted by atomic mass is 10.4. The normalized spacial score (nSPS) is 8.14. The predicted molar refractivity (Wildman–Crippen MR) is 64.8 cm³/mol. The Morgan fingerprint density at radius 2 is 2.14 bits per heavy atom. The average molecular weight is 255 g/mol. The summed E-state index contributed by atoms with van der Waals surface area (Å²) >= 11 is 1.51. The van der Waals surface area contributed by atoms with Gasteiger partial charge in [-0.2, -0.15) is 0 Å². The van der Waals surface area contributed by atoms with Gasteiger partial charge in [0.05, 0.1) is 5.69 Å². The predicted octanol–water partition coefficient (Wildman–Crippen LogP) is 2.61. The van der Waals surface area contributed by atoms with Crippen LogP contribution in [0.4, 0.5) is 5.69 Å². The van der Waals surface area contributed by atoms with Gasteiger partial charge >= 0.3 is 0 Å². The summed E-state index contributed by atoms with van der Waals surface area (Å²) in [5, 5.41) is 3.54. The zero-order valence-corrected chi connectivity index (χ0v) is 10.3. The second-order valence-corrected chi connectivity index (χ2v) is 3.04. The van der Waals surface area contributed by atoms with Crippen LogP contribution < -0.4 is 5.32 Å². The number of thioether (sulfide) groups is 1. The summed E-state index contributed by atoms with van der Waals surface area (Å²) in [4.78, 5) is 14.8. The van der Waals surface area contributed by atoms with Crippen LogP contribution in [-0.4, -0.2) is 17.1 Å². The fourth-order valence-corrected chi connectivity index (χ4v) is 1.34. The molecule has 14 heavy (non-hydrogen) atoms. The largest absolute Gasteiger partial charge is 0.324 e. The van der Waals surface area contributed by atoms with E-state index in [2.05, 4.69) is 10.3 Å². The second kappa shape index (κ2) is 7.91. The topological polar surface area (TPSA) is 42.0 Å². The van der Waals surface area contributed by atoms with E-state index < -0.39 is 0 Å². The van der Waals surface area contributed by atoms with E-state index in [1.807, 2.05) is 12.3 Å². The van der Waals surface area contributed by atoms with Crippen LogP contribution in [0.1, 0.15) is 6.92 Å². The number of pyridine rings is 1. The van der Waals surface area contributed by atoms with Gasteiger partial charge in [0.2, 0.25) is 5.91 Å². The zero-order valence-electron chi connectivity index (χ0n) is 7.81. The van der Waals surface area contributed by atoms with Gasteiger partial charge in [0.15, 0.2) is 0 Å². The molecule has 3 nitrogen and oxygen atoms in total. The van der Waals surface area contributed by atoms with Gasteiger partial charge in [-0.15, -0.1) is 36.6 Å². The summed E-state index contributed by atoms with van der Waals surface area (Å²) in [6.45, 7) is 1.48. The molecule has 0 radical (unpaired) electrons. The fourth-order valence-electron chi connectivity index (χ4n) is 0.838. The number of nitrogens with zero attached hydrogens (tertiary/aromatic N) is 1. The molecule has 0 atom stereocenters. The summed E-state index contributed by atoms with van der Waals surface area (Å²) in [6.07, 6.45) is 3.63. The molecule has 0 bridgehead atoms. The number of amides is 1. The molecule has 0 saturated heterocycles. The number of anilines is 1. The summed E-state index contributed by atoms with van der Waals surface area (Å²) in [7, 11) is 0. The maximum atomic E-state index is 10.7. The van der Waals surface area contributed by atoms with Crippen molar-refractivity contribution in [3.8, 4) is 0 Å². The van der Waals surface area contributed by atoms with Crippen molar-refractivity contribution in [1.82, 2.24) is 4.98 Å². The van der Waals surface area contributed by atoms with Crippen LogP contribution in [0.3, 0.4) is 0 Å². The number of hydrogen-bond acceptors (Lipinski definition) is 3. The van der Waals surface area contributed by atoms with Crippen molar-refractivity contribution in [3.05, 3.63) is 18.3 Å². The number of carbonyl (C=O) groups excluding carboxylic acids is 1. The molecule has 6 heteroatoms. The first kappa shape index (κ1) is 16.0.